The van der Waals surface area contributed by atoms with Gasteiger partial charge >= 0.3 is 0 Å². The van der Waals surface area contributed by atoms with Gasteiger partial charge in [0.25, 0.3) is 0 Å². The minimum absolute atomic E-state index is 0.417. The van der Waals surface area contributed by atoms with Gasteiger partial charge in [-0.15, -0.1) is 0 Å². The second kappa shape index (κ2) is 7.54. The third kappa shape index (κ3) is 4.87. The Kier molecular flexibility index (Phi) is 6.36. The van der Waals surface area contributed by atoms with E-state index in [2.05, 4.69) is 59.0 Å². The molecule has 1 N–H and O–H groups in total. The Morgan fingerprint density at radius 3 is 2.16 bits per heavy atom. The van der Waals surface area contributed by atoms with Crippen molar-refractivity contribution < 1.29 is 4.74 Å². The van der Waals surface area contributed by atoms with Gasteiger partial charge in [-0.2, -0.15) is 0 Å². The molecule has 0 aromatic heterocycles. The van der Waals surface area contributed by atoms with Gasteiger partial charge in [-0.05, 0) is 50.8 Å². The summed E-state index contributed by atoms with van der Waals surface area (Å²) in [7, 11) is 0. The molecule has 0 bridgehead atoms. The van der Waals surface area contributed by atoms with E-state index < -0.39 is 0 Å². The van der Waals surface area contributed by atoms with Crippen LogP contribution in [0, 0.1) is 26.7 Å². The van der Waals surface area contributed by atoms with E-state index in [0.29, 0.717) is 12.0 Å². The van der Waals surface area contributed by atoms with Crippen LogP contribution in [0.3, 0.4) is 0 Å². The SMILES string of the molecule is CCCNC(COc1c(C)cc(C)cc1C)C(C)C. The van der Waals surface area contributed by atoms with Gasteiger partial charge in [-0.1, -0.05) is 38.5 Å². The van der Waals surface area contributed by atoms with Crippen molar-refractivity contribution in [1.82, 2.24) is 5.32 Å². The largest absolute Gasteiger partial charge is 0.491 e. The van der Waals surface area contributed by atoms with E-state index in [0.717, 1.165) is 25.3 Å². The number of aryl methyl sites for hydroxylation is 3. The van der Waals surface area contributed by atoms with Crippen LogP contribution < -0.4 is 10.1 Å². The molecule has 0 saturated heterocycles. The molecule has 19 heavy (non-hydrogen) atoms. The van der Waals surface area contributed by atoms with E-state index in [4.69, 9.17) is 4.74 Å². The monoisotopic (exact) mass is 263 g/mol. The lowest BCUT2D eigenvalue weighted by Gasteiger charge is -2.24. The molecule has 1 aromatic carbocycles. The maximum atomic E-state index is 6.08. The van der Waals surface area contributed by atoms with E-state index in [1.165, 1.54) is 16.7 Å². The lowest BCUT2D eigenvalue weighted by Crippen LogP contribution is -2.39. The van der Waals surface area contributed by atoms with Crippen molar-refractivity contribution >= 4 is 0 Å². The van der Waals surface area contributed by atoms with Gasteiger partial charge in [-0.3, -0.25) is 0 Å². The highest BCUT2D eigenvalue weighted by molar-refractivity contribution is 5.42. The average Bonchev–Trinajstić information content (AvgIpc) is 2.31. The predicted octanol–water partition coefficient (Wildman–Crippen LogP) is 4.01. The fraction of sp³-hybridized carbons (Fsp3) is 0.647. The van der Waals surface area contributed by atoms with Crippen LogP contribution in [-0.4, -0.2) is 19.2 Å². The van der Waals surface area contributed by atoms with Crippen LogP contribution in [-0.2, 0) is 0 Å². The summed E-state index contributed by atoms with van der Waals surface area (Å²) in [4.78, 5) is 0. The Labute approximate surface area is 118 Å². The van der Waals surface area contributed by atoms with Crippen LogP contribution in [0.5, 0.6) is 5.75 Å². The first-order valence-electron chi connectivity index (χ1n) is 7.39. The topological polar surface area (TPSA) is 21.3 Å². The Bertz CT molecular complexity index is 375. The van der Waals surface area contributed by atoms with Crippen LogP contribution >= 0.6 is 0 Å². The summed E-state index contributed by atoms with van der Waals surface area (Å²) in [6, 6.07) is 4.79. The van der Waals surface area contributed by atoms with Crippen molar-refractivity contribution in [2.75, 3.05) is 13.2 Å². The van der Waals surface area contributed by atoms with Crippen LogP contribution in [0.15, 0.2) is 12.1 Å². The molecule has 0 spiro atoms. The first kappa shape index (κ1) is 16.0. The fourth-order valence-corrected chi connectivity index (χ4v) is 2.38. The lowest BCUT2D eigenvalue weighted by molar-refractivity contribution is 0.228. The molecule has 1 unspecified atom stereocenters. The van der Waals surface area contributed by atoms with Gasteiger partial charge in [0.05, 0.1) is 0 Å². The van der Waals surface area contributed by atoms with Crippen molar-refractivity contribution in [2.24, 2.45) is 5.92 Å². The van der Waals surface area contributed by atoms with Gasteiger partial charge in [0, 0.05) is 6.04 Å². The van der Waals surface area contributed by atoms with Crippen molar-refractivity contribution in [1.29, 1.82) is 0 Å². The Morgan fingerprint density at radius 1 is 1.11 bits per heavy atom. The minimum Gasteiger partial charge on any atom is -0.491 e. The van der Waals surface area contributed by atoms with E-state index in [1.54, 1.807) is 0 Å². The number of nitrogens with one attached hydrogen (secondary N) is 1. The molecule has 0 aliphatic carbocycles. The predicted molar refractivity (Wildman–Crippen MR) is 83.1 cm³/mol. The first-order valence-corrected chi connectivity index (χ1v) is 7.39. The molecule has 1 aromatic rings. The third-order valence-corrected chi connectivity index (χ3v) is 3.47. The Balaban J connectivity index is 2.69. The van der Waals surface area contributed by atoms with Gasteiger partial charge in [0.2, 0.25) is 0 Å². The second-order valence-electron chi connectivity index (χ2n) is 5.84. The molecule has 108 valence electrons. The maximum absolute atomic E-state index is 6.08. The van der Waals surface area contributed by atoms with Gasteiger partial charge < -0.3 is 10.1 Å². The zero-order chi connectivity index (χ0) is 14.4. The van der Waals surface area contributed by atoms with Crippen LogP contribution in [0.1, 0.15) is 43.9 Å². The number of hydrogen-bond acceptors (Lipinski definition) is 2. The summed E-state index contributed by atoms with van der Waals surface area (Å²) in [5.74, 6) is 1.63. The highest BCUT2D eigenvalue weighted by Crippen LogP contribution is 2.24. The van der Waals surface area contributed by atoms with Crippen molar-refractivity contribution in [3.05, 3.63) is 28.8 Å². The smallest absolute Gasteiger partial charge is 0.125 e. The number of hydrogen-bond donors (Lipinski definition) is 1. The van der Waals surface area contributed by atoms with Gasteiger partial charge in [0.15, 0.2) is 0 Å². The van der Waals surface area contributed by atoms with Crippen molar-refractivity contribution in [3.8, 4) is 5.75 Å². The van der Waals surface area contributed by atoms with Gasteiger partial charge in [0.1, 0.15) is 12.4 Å². The van der Waals surface area contributed by atoms with E-state index in [9.17, 15) is 0 Å². The van der Waals surface area contributed by atoms with Crippen molar-refractivity contribution in [3.63, 3.8) is 0 Å². The summed E-state index contributed by atoms with van der Waals surface area (Å²) in [6.45, 7) is 14.8. The van der Waals surface area contributed by atoms with Crippen molar-refractivity contribution in [2.45, 2.75) is 54.0 Å². The molecule has 1 rings (SSSR count). The molecule has 0 radical (unpaired) electrons. The summed E-state index contributed by atoms with van der Waals surface area (Å²) in [6.07, 6.45) is 1.16. The molecule has 0 aliphatic rings. The quantitative estimate of drug-likeness (QED) is 0.802. The zero-order valence-corrected chi connectivity index (χ0v) is 13.3. The molecule has 2 nitrogen and oxygen atoms in total. The second-order valence-corrected chi connectivity index (χ2v) is 5.84. The molecular formula is C17H29NO. The van der Waals surface area contributed by atoms with E-state index >= 15 is 0 Å². The molecule has 0 fully saturated rings. The van der Waals surface area contributed by atoms with Crippen LogP contribution in [0.4, 0.5) is 0 Å². The number of benzene rings is 1. The minimum atomic E-state index is 0.417. The molecule has 2 heteroatoms. The molecule has 0 saturated carbocycles. The molecule has 0 amide bonds. The standard InChI is InChI=1S/C17H29NO/c1-7-8-18-16(12(2)3)11-19-17-14(5)9-13(4)10-15(17)6/h9-10,12,16,18H,7-8,11H2,1-6H3. The molecular weight excluding hydrogens is 234 g/mol. The summed E-state index contributed by atoms with van der Waals surface area (Å²) < 4.78 is 6.08. The van der Waals surface area contributed by atoms with Gasteiger partial charge in [-0.25, -0.2) is 0 Å². The Hall–Kier alpha value is -1.02. The van der Waals surface area contributed by atoms with E-state index in [-0.39, 0.29) is 0 Å². The lowest BCUT2D eigenvalue weighted by atomic mass is 10.0. The highest BCUT2D eigenvalue weighted by Gasteiger charge is 2.14. The van der Waals surface area contributed by atoms with Crippen LogP contribution in [0.2, 0.25) is 0 Å². The summed E-state index contributed by atoms with van der Waals surface area (Å²) in [5, 5.41) is 3.56. The maximum Gasteiger partial charge on any atom is 0.125 e. The highest BCUT2D eigenvalue weighted by atomic mass is 16.5. The van der Waals surface area contributed by atoms with Crippen LogP contribution in [0.25, 0.3) is 0 Å². The average molecular weight is 263 g/mol. The van der Waals surface area contributed by atoms with E-state index in [1.807, 2.05) is 0 Å². The summed E-state index contributed by atoms with van der Waals surface area (Å²) >= 11 is 0. The normalized spacial score (nSPS) is 12.8. The fourth-order valence-electron chi connectivity index (χ4n) is 2.38. The summed E-state index contributed by atoms with van der Waals surface area (Å²) in [5.41, 5.74) is 3.76. The number of rotatable bonds is 7. The Morgan fingerprint density at radius 2 is 1.68 bits per heavy atom. The molecule has 0 aliphatic heterocycles. The first-order chi connectivity index (χ1) is 8.95. The third-order valence-electron chi connectivity index (χ3n) is 3.47. The number of ether oxygens (including phenoxy) is 1. The molecule has 1 atom stereocenters. The molecule has 0 heterocycles. The zero-order valence-electron chi connectivity index (χ0n) is 13.3.